The lowest BCUT2D eigenvalue weighted by molar-refractivity contribution is -0.149. The number of nitrogens with one attached hydrogen (secondary N) is 1. The van der Waals surface area contributed by atoms with Gasteiger partial charge in [0.15, 0.2) is 0 Å². The molecule has 1 amide bonds. The molecule has 2 aromatic rings. The van der Waals surface area contributed by atoms with E-state index in [2.05, 4.69) is 5.48 Å². The fourth-order valence-corrected chi connectivity index (χ4v) is 2.54. The van der Waals surface area contributed by atoms with E-state index in [1.54, 1.807) is 12.1 Å². The number of carbonyl (C=O) groups is 2. The molecule has 0 aliphatic rings. The maximum atomic E-state index is 12.2. The van der Waals surface area contributed by atoms with Crippen LogP contribution in [0.3, 0.4) is 0 Å². The molecule has 0 bridgehead atoms. The second kappa shape index (κ2) is 9.04. The van der Waals surface area contributed by atoms with E-state index >= 15 is 0 Å². The first-order valence-electron chi connectivity index (χ1n) is 8.71. The Morgan fingerprint density at radius 2 is 1.73 bits per heavy atom. The van der Waals surface area contributed by atoms with Gasteiger partial charge in [-0.2, -0.15) is 5.48 Å². The van der Waals surface area contributed by atoms with Gasteiger partial charge in [-0.3, -0.25) is 4.79 Å². The van der Waals surface area contributed by atoms with Crippen LogP contribution in [0.15, 0.2) is 36.4 Å². The summed E-state index contributed by atoms with van der Waals surface area (Å²) in [7, 11) is 0. The van der Waals surface area contributed by atoms with E-state index in [-0.39, 0.29) is 6.42 Å². The quantitative estimate of drug-likeness (QED) is 0.790. The maximum Gasteiger partial charge on any atom is 0.332 e. The molecule has 2 rings (SSSR count). The van der Waals surface area contributed by atoms with E-state index in [1.165, 1.54) is 5.56 Å². The van der Waals surface area contributed by atoms with Crippen molar-refractivity contribution < 1.29 is 19.2 Å². The molecule has 0 saturated carbocycles. The van der Waals surface area contributed by atoms with Crippen LogP contribution in [-0.4, -0.2) is 11.9 Å². The number of aryl methyl sites for hydroxylation is 1. The Bertz CT molecular complexity index is 799. The first-order valence-corrected chi connectivity index (χ1v) is 8.71. The van der Waals surface area contributed by atoms with Gasteiger partial charge in [-0.1, -0.05) is 31.2 Å². The Hall–Kier alpha value is -2.82. The van der Waals surface area contributed by atoms with Gasteiger partial charge in [0.05, 0.1) is 0 Å². The topological polar surface area (TPSA) is 64.6 Å². The van der Waals surface area contributed by atoms with Gasteiger partial charge in [0.2, 0.25) is 0 Å². The number of benzene rings is 2. The second-order valence-corrected chi connectivity index (χ2v) is 6.23. The Balaban J connectivity index is 2.06. The van der Waals surface area contributed by atoms with Crippen molar-refractivity contribution >= 4 is 11.9 Å². The monoisotopic (exact) mass is 355 g/mol. The molecule has 0 unspecified atom stereocenters. The lowest BCUT2D eigenvalue weighted by atomic mass is 10.0. The predicted molar refractivity (Wildman–Crippen MR) is 99.9 cm³/mol. The molecule has 0 heterocycles. The van der Waals surface area contributed by atoms with Crippen LogP contribution in [0.25, 0.3) is 0 Å². The predicted octanol–water partition coefficient (Wildman–Crippen LogP) is 4.18. The molecule has 0 saturated heterocycles. The van der Waals surface area contributed by atoms with Crippen LogP contribution in [-0.2, 0) is 16.2 Å². The lowest BCUT2D eigenvalue weighted by Gasteiger charge is -2.15. The molecule has 0 fully saturated rings. The minimum Gasteiger partial charge on any atom is -0.489 e. The van der Waals surface area contributed by atoms with E-state index in [0.29, 0.717) is 18.6 Å². The smallest absolute Gasteiger partial charge is 0.332 e. The second-order valence-electron chi connectivity index (χ2n) is 6.23. The summed E-state index contributed by atoms with van der Waals surface area (Å²) in [4.78, 5) is 28.4. The Morgan fingerprint density at radius 1 is 1.00 bits per heavy atom. The van der Waals surface area contributed by atoms with Gasteiger partial charge in [-0.05, 0) is 61.6 Å². The summed E-state index contributed by atoms with van der Waals surface area (Å²) >= 11 is 0. The molecule has 5 heteroatoms. The fraction of sp³-hybridized carbons (Fsp3) is 0.333. The Kier molecular flexibility index (Phi) is 6.78. The van der Waals surface area contributed by atoms with Crippen LogP contribution in [0.1, 0.15) is 52.4 Å². The molecule has 0 aromatic heterocycles. The Labute approximate surface area is 154 Å². The van der Waals surface area contributed by atoms with Crippen LogP contribution in [0.2, 0.25) is 0 Å². The number of rotatable bonds is 6. The van der Waals surface area contributed by atoms with Crippen LogP contribution >= 0.6 is 0 Å². The molecule has 5 nitrogen and oxygen atoms in total. The van der Waals surface area contributed by atoms with Crippen LogP contribution < -0.4 is 10.2 Å². The molecule has 138 valence electrons. The minimum atomic E-state index is -0.451. The van der Waals surface area contributed by atoms with Crippen molar-refractivity contribution in [1.82, 2.24) is 5.48 Å². The Morgan fingerprint density at radius 3 is 2.42 bits per heavy atom. The standard InChI is InChI=1S/C21H25NO4/c1-5-8-20(23)26-22-21(24)18-11-12-19(16(4)15(18)3)25-13-17-10-7-6-9-14(17)2/h6-7,9-12H,5,8,13H2,1-4H3,(H,22,24). The summed E-state index contributed by atoms with van der Waals surface area (Å²) in [6.07, 6.45) is 0.934. The molecule has 1 N–H and O–H groups in total. The zero-order valence-corrected chi connectivity index (χ0v) is 15.7. The average molecular weight is 355 g/mol. The molecular weight excluding hydrogens is 330 g/mol. The van der Waals surface area contributed by atoms with Crippen LogP contribution in [0, 0.1) is 20.8 Å². The first kappa shape index (κ1) is 19.5. The highest BCUT2D eigenvalue weighted by atomic mass is 16.7. The van der Waals surface area contributed by atoms with Crippen LogP contribution in [0.4, 0.5) is 0 Å². The highest BCUT2D eigenvalue weighted by Crippen LogP contribution is 2.25. The highest BCUT2D eigenvalue weighted by Gasteiger charge is 2.15. The SMILES string of the molecule is CCCC(=O)ONC(=O)c1ccc(OCc2ccccc2C)c(C)c1C. The van der Waals surface area contributed by atoms with Gasteiger partial charge < -0.3 is 9.57 Å². The third kappa shape index (κ3) is 4.85. The maximum absolute atomic E-state index is 12.2. The summed E-state index contributed by atoms with van der Waals surface area (Å²) in [6, 6.07) is 11.5. The van der Waals surface area contributed by atoms with Crippen molar-refractivity contribution in [3.8, 4) is 5.75 Å². The van der Waals surface area contributed by atoms with Crippen molar-refractivity contribution in [3.05, 3.63) is 64.2 Å². The van der Waals surface area contributed by atoms with Gasteiger partial charge in [0.1, 0.15) is 12.4 Å². The normalized spacial score (nSPS) is 10.3. The van der Waals surface area contributed by atoms with Crippen molar-refractivity contribution in [2.24, 2.45) is 0 Å². The largest absolute Gasteiger partial charge is 0.489 e. The molecular formula is C21H25NO4. The third-order valence-electron chi connectivity index (χ3n) is 4.34. The number of amides is 1. The molecule has 0 spiro atoms. The average Bonchev–Trinajstić information content (AvgIpc) is 2.62. The van der Waals surface area contributed by atoms with E-state index in [9.17, 15) is 9.59 Å². The third-order valence-corrected chi connectivity index (χ3v) is 4.34. The van der Waals surface area contributed by atoms with E-state index in [0.717, 1.165) is 22.4 Å². The number of carbonyl (C=O) groups excluding carboxylic acids is 2. The molecule has 0 radical (unpaired) electrons. The van der Waals surface area contributed by atoms with Crippen molar-refractivity contribution in [2.75, 3.05) is 0 Å². The number of hydrogen-bond donors (Lipinski definition) is 1. The summed E-state index contributed by atoms with van der Waals surface area (Å²) in [6.45, 7) is 8.13. The summed E-state index contributed by atoms with van der Waals surface area (Å²) in [5.74, 6) is -0.167. The number of hydroxylamine groups is 1. The first-order chi connectivity index (χ1) is 12.4. The van der Waals surface area contributed by atoms with Gasteiger partial charge in [0, 0.05) is 12.0 Å². The highest BCUT2D eigenvalue weighted by molar-refractivity contribution is 5.96. The lowest BCUT2D eigenvalue weighted by Crippen LogP contribution is -2.27. The van der Waals surface area contributed by atoms with Crippen LogP contribution in [0.5, 0.6) is 5.75 Å². The zero-order chi connectivity index (χ0) is 19.1. The summed E-state index contributed by atoms with van der Waals surface area (Å²) < 4.78 is 5.93. The van der Waals surface area contributed by atoms with Crippen molar-refractivity contribution in [1.29, 1.82) is 0 Å². The van der Waals surface area contributed by atoms with Gasteiger partial charge in [-0.15, -0.1) is 0 Å². The molecule has 26 heavy (non-hydrogen) atoms. The molecule has 2 aromatic carbocycles. The molecule has 0 aliphatic heterocycles. The van der Waals surface area contributed by atoms with E-state index in [1.807, 2.05) is 52.0 Å². The summed E-state index contributed by atoms with van der Waals surface area (Å²) in [5.41, 5.74) is 6.62. The van der Waals surface area contributed by atoms with Gasteiger partial charge >= 0.3 is 5.97 Å². The van der Waals surface area contributed by atoms with Gasteiger partial charge in [-0.25, -0.2) is 4.79 Å². The van der Waals surface area contributed by atoms with E-state index in [4.69, 9.17) is 9.57 Å². The van der Waals surface area contributed by atoms with Crippen molar-refractivity contribution in [3.63, 3.8) is 0 Å². The van der Waals surface area contributed by atoms with Crippen molar-refractivity contribution in [2.45, 2.75) is 47.1 Å². The van der Waals surface area contributed by atoms with E-state index < -0.39 is 11.9 Å². The molecule has 0 atom stereocenters. The summed E-state index contributed by atoms with van der Waals surface area (Å²) in [5, 5.41) is 0. The molecule has 0 aliphatic carbocycles. The zero-order valence-electron chi connectivity index (χ0n) is 15.7. The number of ether oxygens (including phenoxy) is 1. The van der Waals surface area contributed by atoms with Gasteiger partial charge in [0.25, 0.3) is 5.91 Å². The fourth-order valence-electron chi connectivity index (χ4n) is 2.54. The number of hydrogen-bond acceptors (Lipinski definition) is 4. The minimum absolute atomic E-state index is 0.268.